The molecule has 0 aliphatic rings. The second-order valence-electron chi connectivity index (χ2n) is 4.00. The maximum Gasteiger partial charge on any atom is 0.175 e. The van der Waals surface area contributed by atoms with Crippen LogP contribution in [0.4, 0.5) is 8.78 Å². The second-order valence-corrected chi connectivity index (χ2v) is 6.37. The molecular formula is C14H9BrF2O2S. The number of ketones is 1. The molecule has 1 unspecified atom stereocenters. The van der Waals surface area contributed by atoms with Crippen LogP contribution < -0.4 is 0 Å². The van der Waals surface area contributed by atoms with Gasteiger partial charge in [-0.2, -0.15) is 0 Å². The quantitative estimate of drug-likeness (QED) is 0.780. The van der Waals surface area contributed by atoms with E-state index in [-0.39, 0.29) is 11.3 Å². The molecule has 0 radical (unpaired) electrons. The summed E-state index contributed by atoms with van der Waals surface area (Å²) in [5.41, 5.74) is 0.00671. The molecule has 1 atom stereocenters. The summed E-state index contributed by atoms with van der Waals surface area (Å²) in [5.74, 6) is -2.89. The topological polar surface area (TPSA) is 34.1 Å². The highest BCUT2D eigenvalue weighted by Gasteiger charge is 2.14. The number of carbonyl (C=O) groups excluding carboxylic acids is 1. The third kappa shape index (κ3) is 3.58. The van der Waals surface area contributed by atoms with Gasteiger partial charge >= 0.3 is 0 Å². The van der Waals surface area contributed by atoms with Crippen LogP contribution in [0.5, 0.6) is 0 Å². The minimum Gasteiger partial charge on any atom is -0.293 e. The number of benzene rings is 2. The van der Waals surface area contributed by atoms with Crippen molar-refractivity contribution in [2.75, 3.05) is 5.75 Å². The van der Waals surface area contributed by atoms with Gasteiger partial charge in [-0.1, -0.05) is 22.0 Å². The Morgan fingerprint density at radius 1 is 1.10 bits per heavy atom. The van der Waals surface area contributed by atoms with Crippen LogP contribution in [-0.2, 0) is 10.8 Å². The molecule has 0 saturated carbocycles. The largest absolute Gasteiger partial charge is 0.293 e. The number of rotatable bonds is 4. The highest BCUT2D eigenvalue weighted by Crippen LogP contribution is 2.16. The van der Waals surface area contributed by atoms with E-state index in [9.17, 15) is 17.8 Å². The van der Waals surface area contributed by atoms with Crippen molar-refractivity contribution in [3.63, 3.8) is 0 Å². The summed E-state index contributed by atoms with van der Waals surface area (Å²) in [6, 6.07) is 9.64. The average molecular weight is 359 g/mol. The zero-order valence-corrected chi connectivity index (χ0v) is 12.5. The molecule has 0 N–H and O–H groups in total. The van der Waals surface area contributed by atoms with Gasteiger partial charge in [0.15, 0.2) is 17.4 Å². The van der Waals surface area contributed by atoms with Crippen LogP contribution >= 0.6 is 15.9 Å². The number of Topliss-reactive ketones (excluding diaryl/α,β-unsaturated/α-hetero) is 1. The Hall–Kier alpha value is -1.40. The lowest BCUT2D eigenvalue weighted by Gasteiger charge is -2.03. The first-order valence-corrected chi connectivity index (χ1v) is 7.71. The Bertz CT molecular complexity index is 689. The van der Waals surface area contributed by atoms with Gasteiger partial charge in [0.25, 0.3) is 0 Å². The lowest BCUT2D eigenvalue weighted by atomic mass is 10.1. The monoisotopic (exact) mass is 358 g/mol. The first kappa shape index (κ1) is 15.0. The number of carbonyl (C=O) groups is 1. The molecule has 2 nitrogen and oxygen atoms in total. The van der Waals surface area contributed by atoms with Crippen LogP contribution in [0, 0.1) is 11.6 Å². The molecule has 0 aromatic heterocycles. The van der Waals surface area contributed by atoms with E-state index in [4.69, 9.17) is 0 Å². The van der Waals surface area contributed by atoms with E-state index in [1.54, 1.807) is 24.3 Å². The standard InChI is InChI=1S/C14H9BrF2O2S/c15-10-2-1-3-11(7-10)20(19)8-14(18)9-4-5-12(16)13(17)6-9/h1-7H,8H2. The van der Waals surface area contributed by atoms with Gasteiger partial charge in [-0.15, -0.1) is 0 Å². The van der Waals surface area contributed by atoms with Gasteiger partial charge < -0.3 is 0 Å². The van der Waals surface area contributed by atoms with Crippen LogP contribution in [0.2, 0.25) is 0 Å². The highest BCUT2D eigenvalue weighted by molar-refractivity contribution is 9.10. The molecule has 2 aromatic carbocycles. The normalized spacial score (nSPS) is 12.2. The maximum absolute atomic E-state index is 13.0. The summed E-state index contributed by atoms with van der Waals surface area (Å²) in [4.78, 5) is 12.4. The van der Waals surface area contributed by atoms with E-state index in [2.05, 4.69) is 15.9 Å². The van der Waals surface area contributed by atoms with Crippen molar-refractivity contribution in [1.82, 2.24) is 0 Å². The van der Waals surface area contributed by atoms with Crippen molar-refractivity contribution in [3.05, 3.63) is 64.1 Å². The average Bonchev–Trinajstić information content (AvgIpc) is 2.41. The third-order valence-electron chi connectivity index (χ3n) is 2.56. The summed E-state index contributed by atoms with van der Waals surface area (Å²) in [7, 11) is -1.53. The van der Waals surface area contributed by atoms with Gasteiger partial charge in [0.05, 0.1) is 16.6 Å². The van der Waals surface area contributed by atoms with Crippen LogP contribution in [-0.4, -0.2) is 15.7 Å². The molecule has 0 aliphatic heterocycles. The van der Waals surface area contributed by atoms with Gasteiger partial charge in [0.1, 0.15) is 0 Å². The van der Waals surface area contributed by atoms with Crippen molar-refractivity contribution < 1.29 is 17.8 Å². The zero-order valence-electron chi connectivity index (χ0n) is 10.1. The van der Waals surface area contributed by atoms with Crippen LogP contribution in [0.1, 0.15) is 10.4 Å². The van der Waals surface area contributed by atoms with Crippen molar-refractivity contribution in [1.29, 1.82) is 0 Å². The first-order chi connectivity index (χ1) is 9.47. The SMILES string of the molecule is O=C(CS(=O)c1cccc(Br)c1)c1ccc(F)c(F)c1. The maximum atomic E-state index is 13.0. The molecule has 0 fully saturated rings. The fourth-order valence-corrected chi connectivity index (χ4v) is 3.17. The van der Waals surface area contributed by atoms with E-state index >= 15 is 0 Å². The molecule has 0 amide bonds. The van der Waals surface area contributed by atoms with Crippen LogP contribution in [0.25, 0.3) is 0 Å². The smallest absolute Gasteiger partial charge is 0.175 e. The summed E-state index contributed by atoms with van der Waals surface area (Å²) in [6.07, 6.45) is 0. The van der Waals surface area contributed by atoms with Gasteiger partial charge in [-0.3, -0.25) is 9.00 Å². The van der Waals surface area contributed by atoms with Gasteiger partial charge in [0, 0.05) is 14.9 Å². The fourth-order valence-electron chi connectivity index (χ4n) is 1.56. The summed E-state index contributed by atoms with van der Waals surface area (Å²) in [5, 5.41) is 0. The molecule has 6 heteroatoms. The van der Waals surface area contributed by atoms with Gasteiger partial charge in [-0.05, 0) is 36.4 Å². The molecule has 0 aliphatic carbocycles. The molecule has 0 bridgehead atoms. The number of hydrogen-bond donors (Lipinski definition) is 0. The summed E-state index contributed by atoms with van der Waals surface area (Å²) < 4.78 is 38.6. The molecule has 20 heavy (non-hydrogen) atoms. The Labute approximate surface area is 125 Å². The lowest BCUT2D eigenvalue weighted by Crippen LogP contribution is -2.11. The predicted octanol–water partition coefficient (Wildman–Crippen LogP) is 3.72. The molecule has 104 valence electrons. The highest BCUT2D eigenvalue weighted by atomic mass is 79.9. The van der Waals surface area contributed by atoms with E-state index in [0.717, 1.165) is 16.6 Å². The molecule has 0 saturated heterocycles. The minimum absolute atomic E-state index is 0.00671. The molecule has 0 spiro atoms. The Kier molecular flexibility index (Phi) is 4.77. The molecule has 2 aromatic rings. The Balaban J connectivity index is 2.15. The van der Waals surface area contributed by atoms with E-state index < -0.39 is 28.2 Å². The lowest BCUT2D eigenvalue weighted by molar-refractivity contribution is 0.102. The van der Waals surface area contributed by atoms with Crippen molar-refractivity contribution in [2.24, 2.45) is 0 Å². The van der Waals surface area contributed by atoms with Gasteiger partial charge in [0.2, 0.25) is 0 Å². The molecule has 2 rings (SSSR count). The fraction of sp³-hybridized carbons (Fsp3) is 0.0714. The predicted molar refractivity (Wildman–Crippen MR) is 76.1 cm³/mol. The van der Waals surface area contributed by atoms with Crippen LogP contribution in [0.3, 0.4) is 0 Å². The first-order valence-electron chi connectivity index (χ1n) is 5.59. The van der Waals surface area contributed by atoms with Crippen molar-refractivity contribution in [2.45, 2.75) is 4.90 Å². The van der Waals surface area contributed by atoms with Crippen molar-refractivity contribution in [3.8, 4) is 0 Å². The van der Waals surface area contributed by atoms with E-state index in [1.165, 1.54) is 6.07 Å². The molecule has 0 heterocycles. The minimum atomic E-state index is -1.53. The zero-order chi connectivity index (χ0) is 14.7. The number of hydrogen-bond acceptors (Lipinski definition) is 2. The summed E-state index contributed by atoms with van der Waals surface area (Å²) in [6.45, 7) is 0. The van der Waals surface area contributed by atoms with Crippen LogP contribution in [0.15, 0.2) is 51.8 Å². The van der Waals surface area contributed by atoms with Crippen molar-refractivity contribution >= 4 is 32.5 Å². The van der Waals surface area contributed by atoms with E-state index in [1.807, 2.05) is 0 Å². The van der Waals surface area contributed by atoms with E-state index in [0.29, 0.717) is 4.90 Å². The Morgan fingerprint density at radius 2 is 1.85 bits per heavy atom. The summed E-state index contributed by atoms with van der Waals surface area (Å²) >= 11 is 3.25. The second kappa shape index (κ2) is 6.37. The third-order valence-corrected chi connectivity index (χ3v) is 4.36. The number of halogens is 3. The Morgan fingerprint density at radius 3 is 2.50 bits per heavy atom. The van der Waals surface area contributed by atoms with Gasteiger partial charge in [-0.25, -0.2) is 8.78 Å². The molecular weight excluding hydrogens is 350 g/mol.